The van der Waals surface area contributed by atoms with Crippen molar-refractivity contribution in [3.8, 4) is 0 Å². The van der Waals surface area contributed by atoms with Crippen molar-refractivity contribution in [1.82, 2.24) is 16.0 Å². The Kier molecular flexibility index (Phi) is 6.05. The van der Waals surface area contributed by atoms with E-state index in [1.54, 1.807) is 0 Å². The molecule has 5 N–H and O–H groups in total. The molecule has 23 heavy (non-hydrogen) atoms. The maximum atomic E-state index is 13.0. The zero-order valence-corrected chi connectivity index (χ0v) is 14.5. The van der Waals surface area contributed by atoms with Gasteiger partial charge < -0.3 is 16.4 Å². The molecule has 0 aliphatic carbocycles. The number of primary amides is 1. The summed E-state index contributed by atoms with van der Waals surface area (Å²) in [7, 11) is 0. The van der Waals surface area contributed by atoms with Crippen LogP contribution in [-0.4, -0.2) is 53.4 Å². The van der Waals surface area contributed by atoms with Gasteiger partial charge in [-0.2, -0.15) is 0 Å². The summed E-state index contributed by atoms with van der Waals surface area (Å²) >= 11 is 1.22. The van der Waals surface area contributed by atoms with Gasteiger partial charge in [-0.05, 0) is 31.7 Å². The van der Waals surface area contributed by atoms with Crippen LogP contribution in [0, 0.1) is 5.92 Å². The number of thioether (sulfide) groups is 1. The fourth-order valence-electron chi connectivity index (χ4n) is 3.05. The monoisotopic (exact) mass is 342 g/mol. The number of carbonyl (C=O) groups is 3. The van der Waals surface area contributed by atoms with Gasteiger partial charge in [0.2, 0.25) is 10.8 Å². The first-order chi connectivity index (χ1) is 10.9. The predicted octanol–water partition coefficient (Wildman–Crippen LogP) is -0.644. The molecule has 2 aliphatic heterocycles. The molecule has 1 unspecified atom stereocenters. The third-order valence-corrected chi connectivity index (χ3v) is 5.59. The van der Waals surface area contributed by atoms with Gasteiger partial charge in [0.25, 0.3) is 5.91 Å². The lowest BCUT2D eigenvalue weighted by molar-refractivity contribution is -0.135. The first-order valence-corrected chi connectivity index (χ1v) is 9.12. The van der Waals surface area contributed by atoms with Gasteiger partial charge in [0.1, 0.15) is 0 Å². The van der Waals surface area contributed by atoms with E-state index in [1.165, 1.54) is 11.8 Å². The standard InChI is InChI=1S/C15H26N4O3S/c1-9(2)8-11(19-13(21)10-4-3-5-17-10)12(20)15(14(16)22)18-6-7-23-15/h9-11,17-18H,3-8H2,1-2H3,(H2,16,22)(H,19,21)/t10-,11-,15?/m0/s1. The Morgan fingerprint density at radius 2 is 2.09 bits per heavy atom. The van der Waals surface area contributed by atoms with Crippen LogP contribution in [-0.2, 0) is 14.4 Å². The lowest BCUT2D eigenvalue weighted by atomic mass is 9.95. The molecular weight excluding hydrogens is 316 g/mol. The average Bonchev–Trinajstić information content (AvgIpc) is 3.17. The van der Waals surface area contributed by atoms with Crippen LogP contribution in [0.25, 0.3) is 0 Å². The molecule has 0 spiro atoms. The SMILES string of the molecule is CC(C)C[C@H](NC(=O)[C@@H]1CCCN1)C(=O)C1(C(N)=O)NCCS1. The summed E-state index contributed by atoms with van der Waals surface area (Å²) in [6.07, 6.45) is 2.19. The molecule has 8 heteroatoms. The van der Waals surface area contributed by atoms with Crippen LogP contribution in [0.5, 0.6) is 0 Å². The molecule has 0 aromatic carbocycles. The van der Waals surface area contributed by atoms with Crippen molar-refractivity contribution in [1.29, 1.82) is 0 Å². The summed E-state index contributed by atoms with van der Waals surface area (Å²) < 4.78 is 0. The maximum Gasteiger partial charge on any atom is 0.256 e. The van der Waals surface area contributed by atoms with Gasteiger partial charge in [-0.15, -0.1) is 11.8 Å². The minimum atomic E-state index is -1.42. The van der Waals surface area contributed by atoms with Crippen LogP contribution in [0.4, 0.5) is 0 Å². The number of carbonyl (C=O) groups excluding carboxylic acids is 3. The Balaban J connectivity index is 2.14. The summed E-state index contributed by atoms with van der Waals surface area (Å²) in [4.78, 5) is 35.8. The molecule has 2 amide bonds. The van der Waals surface area contributed by atoms with Gasteiger partial charge in [0, 0.05) is 12.3 Å². The number of hydrogen-bond acceptors (Lipinski definition) is 6. The molecule has 0 saturated carbocycles. The van der Waals surface area contributed by atoms with Crippen LogP contribution < -0.4 is 21.7 Å². The molecule has 2 rings (SSSR count). The summed E-state index contributed by atoms with van der Waals surface area (Å²) in [6, 6.07) is -0.971. The first kappa shape index (κ1) is 18.2. The third-order valence-electron chi connectivity index (χ3n) is 4.21. The predicted molar refractivity (Wildman–Crippen MR) is 89.8 cm³/mol. The Morgan fingerprint density at radius 1 is 1.35 bits per heavy atom. The zero-order valence-electron chi connectivity index (χ0n) is 13.7. The number of ketones is 1. The fraction of sp³-hybridized carbons (Fsp3) is 0.800. The highest BCUT2D eigenvalue weighted by molar-refractivity contribution is 8.02. The number of Topliss-reactive ketones (excluding diaryl/α,β-unsaturated/α-hetero) is 1. The van der Waals surface area contributed by atoms with Crippen LogP contribution in [0.2, 0.25) is 0 Å². The van der Waals surface area contributed by atoms with Crippen molar-refractivity contribution in [3.05, 3.63) is 0 Å². The Bertz CT molecular complexity index is 471. The summed E-state index contributed by atoms with van der Waals surface area (Å²) in [5.74, 6) is -0.359. The minimum absolute atomic E-state index is 0.177. The second-order valence-corrected chi connectivity index (χ2v) is 7.83. The van der Waals surface area contributed by atoms with Crippen LogP contribution in [0.1, 0.15) is 33.1 Å². The van der Waals surface area contributed by atoms with E-state index in [2.05, 4.69) is 16.0 Å². The van der Waals surface area contributed by atoms with Crippen molar-refractivity contribution in [2.24, 2.45) is 11.7 Å². The molecule has 0 radical (unpaired) electrons. The fourth-order valence-corrected chi connectivity index (χ4v) is 4.19. The molecule has 2 saturated heterocycles. The molecule has 0 bridgehead atoms. The Hall–Kier alpha value is -1.12. The highest BCUT2D eigenvalue weighted by Gasteiger charge is 2.50. The molecule has 130 valence electrons. The van der Waals surface area contributed by atoms with E-state index in [-0.39, 0.29) is 23.7 Å². The van der Waals surface area contributed by atoms with Crippen molar-refractivity contribution in [3.63, 3.8) is 0 Å². The van der Waals surface area contributed by atoms with Gasteiger partial charge in [-0.3, -0.25) is 19.7 Å². The van der Waals surface area contributed by atoms with Gasteiger partial charge in [-0.1, -0.05) is 13.8 Å². The van der Waals surface area contributed by atoms with E-state index in [9.17, 15) is 14.4 Å². The lowest BCUT2D eigenvalue weighted by Gasteiger charge is -2.30. The van der Waals surface area contributed by atoms with Crippen molar-refractivity contribution >= 4 is 29.4 Å². The van der Waals surface area contributed by atoms with Crippen LogP contribution >= 0.6 is 11.8 Å². The summed E-state index contributed by atoms with van der Waals surface area (Å²) in [5, 5.41) is 8.89. The maximum absolute atomic E-state index is 13.0. The smallest absolute Gasteiger partial charge is 0.256 e. The first-order valence-electron chi connectivity index (χ1n) is 8.14. The van der Waals surface area contributed by atoms with Crippen molar-refractivity contribution in [2.75, 3.05) is 18.8 Å². The lowest BCUT2D eigenvalue weighted by Crippen LogP contribution is -2.62. The Labute approximate surface area is 140 Å². The van der Waals surface area contributed by atoms with Crippen molar-refractivity contribution in [2.45, 2.75) is 50.1 Å². The van der Waals surface area contributed by atoms with E-state index >= 15 is 0 Å². The second-order valence-electron chi connectivity index (χ2n) is 6.52. The van der Waals surface area contributed by atoms with Gasteiger partial charge in [-0.25, -0.2) is 0 Å². The molecule has 7 nitrogen and oxygen atoms in total. The van der Waals surface area contributed by atoms with Gasteiger partial charge >= 0.3 is 0 Å². The number of nitrogens with one attached hydrogen (secondary N) is 3. The number of nitrogens with two attached hydrogens (primary N) is 1. The molecule has 0 aromatic heterocycles. The van der Waals surface area contributed by atoms with E-state index in [0.717, 1.165) is 19.4 Å². The highest BCUT2D eigenvalue weighted by atomic mass is 32.2. The Morgan fingerprint density at radius 3 is 2.57 bits per heavy atom. The molecular formula is C15H26N4O3S. The van der Waals surface area contributed by atoms with Crippen LogP contribution in [0.15, 0.2) is 0 Å². The van der Waals surface area contributed by atoms with Gasteiger partial charge in [0.15, 0.2) is 5.78 Å². The normalized spacial score (nSPS) is 28.7. The number of amides is 2. The van der Waals surface area contributed by atoms with E-state index < -0.39 is 16.8 Å². The molecule has 2 fully saturated rings. The second kappa shape index (κ2) is 7.63. The van der Waals surface area contributed by atoms with E-state index in [0.29, 0.717) is 18.7 Å². The molecule has 2 heterocycles. The van der Waals surface area contributed by atoms with E-state index in [1.807, 2.05) is 13.8 Å². The number of rotatable bonds is 7. The average molecular weight is 342 g/mol. The summed E-state index contributed by atoms with van der Waals surface area (Å²) in [6.45, 7) is 5.31. The molecule has 2 aliphatic rings. The van der Waals surface area contributed by atoms with Gasteiger partial charge in [0.05, 0.1) is 12.1 Å². The minimum Gasteiger partial charge on any atom is -0.367 e. The quantitative estimate of drug-likeness (QED) is 0.458. The number of hydrogen-bond donors (Lipinski definition) is 4. The largest absolute Gasteiger partial charge is 0.367 e. The zero-order chi connectivity index (χ0) is 17.0. The summed E-state index contributed by atoms with van der Waals surface area (Å²) in [5.41, 5.74) is 5.49. The third kappa shape index (κ3) is 4.05. The highest BCUT2D eigenvalue weighted by Crippen LogP contribution is 2.30. The topological polar surface area (TPSA) is 113 Å². The molecule has 3 atom stereocenters. The molecule has 0 aromatic rings. The van der Waals surface area contributed by atoms with Crippen LogP contribution in [0.3, 0.4) is 0 Å². The van der Waals surface area contributed by atoms with Crippen molar-refractivity contribution < 1.29 is 14.4 Å². The van der Waals surface area contributed by atoms with E-state index in [4.69, 9.17) is 5.73 Å².